The summed E-state index contributed by atoms with van der Waals surface area (Å²) in [5, 5.41) is 3.27. The largest absolute Gasteiger partial charge is 0.352 e. The van der Waals surface area contributed by atoms with E-state index in [1.165, 1.54) is 17.4 Å². The van der Waals surface area contributed by atoms with E-state index in [0.717, 1.165) is 5.56 Å². The van der Waals surface area contributed by atoms with E-state index in [2.05, 4.69) is 24.5 Å². The molecule has 3 rings (SSSR count). The summed E-state index contributed by atoms with van der Waals surface area (Å²) in [6, 6.07) is 10.1. The van der Waals surface area contributed by atoms with Gasteiger partial charge in [-0.1, -0.05) is 40.8 Å². The predicted molar refractivity (Wildman–Crippen MR) is 119 cm³/mol. The lowest BCUT2D eigenvalue weighted by atomic mass is 10.1. The zero-order valence-electron chi connectivity index (χ0n) is 15.8. The molecule has 1 aromatic carbocycles. The Kier molecular flexibility index (Phi) is 6.83. The number of carbonyl (C=O) groups is 1. The highest BCUT2D eigenvalue weighted by molar-refractivity contribution is 7.21. The Bertz CT molecular complexity index is 1100. The third-order valence-corrected chi connectivity index (χ3v) is 6.26. The third-order valence-electron chi connectivity index (χ3n) is 4.17. The first-order chi connectivity index (χ1) is 13.7. The normalized spacial score (nSPS) is 12.2. The van der Waals surface area contributed by atoms with Crippen molar-refractivity contribution in [1.82, 2.24) is 15.3 Å². The van der Waals surface area contributed by atoms with Gasteiger partial charge in [-0.15, -0.1) is 11.3 Å². The van der Waals surface area contributed by atoms with Gasteiger partial charge in [0.1, 0.15) is 11.7 Å². The van der Waals surface area contributed by atoms with Gasteiger partial charge in [-0.05, 0) is 29.8 Å². The fraction of sp³-hybridized carbons (Fsp3) is 0.250. The molecular weight excluding hydrogens is 432 g/mol. The quantitative estimate of drug-likeness (QED) is 0.521. The van der Waals surface area contributed by atoms with E-state index in [0.29, 0.717) is 38.4 Å². The molecule has 0 radical (unpaired) electrons. The number of aromatic amines is 1. The molecule has 2 N–H and O–H groups in total. The molecule has 2 heterocycles. The van der Waals surface area contributed by atoms with Gasteiger partial charge in [0.15, 0.2) is 0 Å². The summed E-state index contributed by atoms with van der Waals surface area (Å²) in [6.45, 7) is 3.98. The predicted octanol–water partition coefficient (Wildman–Crippen LogP) is 4.93. The van der Waals surface area contributed by atoms with Gasteiger partial charge < -0.3 is 10.3 Å². The second-order valence-electron chi connectivity index (χ2n) is 6.77. The summed E-state index contributed by atoms with van der Waals surface area (Å²) < 4.78 is 13.5. The lowest BCUT2D eigenvalue weighted by Crippen LogP contribution is -2.27. The van der Waals surface area contributed by atoms with Gasteiger partial charge in [0.05, 0.1) is 15.6 Å². The van der Waals surface area contributed by atoms with Crippen molar-refractivity contribution < 1.29 is 9.18 Å². The number of hydrogen-bond acceptors (Lipinski definition) is 4. The first kappa shape index (κ1) is 21.6. The van der Waals surface area contributed by atoms with Gasteiger partial charge in [-0.2, -0.15) is 0 Å². The number of hydrogen-bond donors (Lipinski definition) is 2. The minimum atomic E-state index is -1.16. The van der Waals surface area contributed by atoms with Crippen LogP contribution in [-0.4, -0.2) is 15.9 Å². The molecule has 152 valence electrons. The lowest BCUT2D eigenvalue weighted by molar-refractivity contribution is -0.124. The zero-order valence-corrected chi connectivity index (χ0v) is 18.6. The molecule has 29 heavy (non-hydrogen) atoms. The van der Waals surface area contributed by atoms with Gasteiger partial charge in [-0.3, -0.25) is 9.59 Å². The molecule has 2 unspecified atom stereocenters. The van der Waals surface area contributed by atoms with E-state index < -0.39 is 5.91 Å². The summed E-state index contributed by atoms with van der Waals surface area (Å²) in [6.07, 6.45) is 0. The highest BCUT2D eigenvalue weighted by Gasteiger charge is 2.14. The summed E-state index contributed by atoms with van der Waals surface area (Å²) in [7, 11) is 2.10. The van der Waals surface area contributed by atoms with Crippen molar-refractivity contribution in [2.45, 2.75) is 26.3 Å². The van der Waals surface area contributed by atoms with Gasteiger partial charge in [-0.25, -0.2) is 9.37 Å². The molecule has 9 heteroatoms. The Morgan fingerprint density at radius 2 is 2.07 bits per heavy atom. The Balaban J connectivity index is 1.95. The van der Waals surface area contributed by atoms with Crippen LogP contribution in [0.1, 0.15) is 30.2 Å². The summed E-state index contributed by atoms with van der Waals surface area (Å²) in [5.41, 5.74) is 1.48. The number of aromatic nitrogens is 2. The van der Waals surface area contributed by atoms with E-state index in [-0.39, 0.29) is 17.4 Å². The number of halogens is 2. The highest BCUT2D eigenvalue weighted by atomic mass is 35.5. The van der Waals surface area contributed by atoms with Gasteiger partial charge in [0.25, 0.3) is 5.56 Å². The van der Waals surface area contributed by atoms with Crippen LogP contribution in [0.3, 0.4) is 0 Å². The van der Waals surface area contributed by atoms with E-state index in [4.69, 9.17) is 11.6 Å². The van der Waals surface area contributed by atoms with Crippen LogP contribution in [0.2, 0.25) is 5.02 Å². The van der Waals surface area contributed by atoms with Crippen molar-refractivity contribution >= 4 is 38.1 Å². The average molecular weight is 452 g/mol. The maximum atomic E-state index is 13.5. The van der Waals surface area contributed by atoms with Crippen LogP contribution in [0.15, 0.2) is 41.2 Å². The number of carbonyl (C=O) groups excluding carboxylic acids is 1. The van der Waals surface area contributed by atoms with Crippen molar-refractivity contribution in [3.63, 3.8) is 0 Å². The summed E-state index contributed by atoms with van der Waals surface area (Å²) >= 11 is 7.58. The lowest BCUT2D eigenvalue weighted by Gasteiger charge is -2.10. The van der Waals surface area contributed by atoms with Crippen molar-refractivity contribution in [3.05, 3.63) is 62.2 Å². The fourth-order valence-corrected chi connectivity index (χ4v) is 3.98. The molecule has 0 spiro atoms. The van der Waals surface area contributed by atoms with Gasteiger partial charge in [0, 0.05) is 29.0 Å². The maximum absolute atomic E-state index is 13.5. The number of benzene rings is 1. The smallest absolute Gasteiger partial charge is 0.251 e. The molecule has 0 saturated carbocycles. The second kappa shape index (κ2) is 9.16. The Morgan fingerprint density at radius 3 is 2.72 bits per heavy atom. The molecule has 0 fully saturated rings. The van der Waals surface area contributed by atoms with Crippen LogP contribution in [0.25, 0.3) is 22.0 Å². The SMILES string of the molecule is CC(C)C(=O)NCc1ccc(Cl)c(-c2nc(-c3ccc(C(F)P)s3)cc(=O)[nH]2)c1. The number of thiophene rings is 1. The van der Waals surface area contributed by atoms with Crippen LogP contribution in [0.4, 0.5) is 4.39 Å². The second-order valence-corrected chi connectivity index (χ2v) is 8.88. The molecule has 1 amide bonds. The monoisotopic (exact) mass is 451 g/mol. The Morgan fingerprint density at radius 1 is 1.31 bits per heavy atom. The zero-order chi connectivity index (χ0) is 21.1. The molecule has 2 atom stereocenters. The average Bonchev–Trinajstić information content (AvgIpc) is 3.17. The van der Waals surface area contributed by atoms with Crippen LogP contribution in [0, 0.1) is 5.92 Å². The molecule has 0 saturated heterocycles. The number of H-pyrrole nitrogens is 1. The van der Waals surface area contributed by atoms with E-state index >= 15 is 0 Å². The first-order valence-corrected chi connectivity index (χ1v) is 10.8. The summed E-state index contributed by atoms with van der Waals surface area (Å²) in [4.78, 5) is 32.5. The van der Waals surface area contributed by atoms with E-state index in [1.54, 1.807) is 30.3 Å². The van der Waals surface area contributed by atoms with Crippen LogP contribution < -0.4 is 10.9 Å². The number of alkyl halides is 1. The number of nitrogens with one attached hydrogen (secondary N) is 2. The van der Waals surface area contributed by atoms with Crippen molar-refractivity contribution in [2.75, 3.05) is 0 Å². The molecule has 0 bridgehead atoms. The molecule has 5 nitrogen and oxygen atoms in total. The number of nitrogens with zero attached hydrogens (tertiary/aromatic N) is 1. The Labute approximate surface area is 178 Å². The molecule has 0 aliphatic rings. The van der Waals surface area contributed by atoms with Crippen molar-refractivity contribution in [1.29, 1.82) is 0 Å². The topological polar surface area (TPSA) is 74.8 Å². The maximum Gasteiger partial charge on any atom is 0.251 e. The van der Waals surface area contributed by atoms with Gasteiger partial charge in [0.2, 0.25) is 5.91 Å². The number of amides is 1. The van der Waals surface area contributed by atoms with Gasteiger partial charge >= 0.3 is 0 Å². The van der Waals surface area contributed by atoms with Crippen LogP contribution in [-0.2, 0) is 11.3 Å². The van der Waals surface area contributed by atoms with Crippen molar-refractivity contribution in [2.24, 2.45) is 5.92 Å². The third kappa shape index (κ3) is 5.30. The van der Waals surface area contributed by atoms with Crippen LogP contribution in [0.5, 0.6) is 0 Å². The minimum Gasteiger partial charge on any atom is -0.352 e. The fourth-order valence-electron chi connectivity index (χ4n) is 2.61. The van der Waals surface area contributed by atoms with E-state index in [1.807, 2.05) is 13.8 Å². The minimum absolute atomic E-state index is 0.0521. The molecule has 0 aliphatic carbocycles. The van der Waals surface area contributed by atoms with Crippen LogP contribution >= 0.6 is 32.2 Å². The molecule has 0 aliphatic heterocycles. The summed E-state index contributed by atoms with van der Waals surface area (Å²) in [5.74, 6) is -1.02. The number of rotatable bonds is 6. The van der Waals surface area contributed by atoms with E-state index in [9.17, 15) is 14.0 Å². The molecular formula is C20H20ClFN3O2PS. The Hall–Kier alpha value is -2.08. The highest BCUT2D eigenvalue weighted by Crippen LogP contribution is 2.35. The molecule has 2 aromatic heterocycles. The van der Waals surface area contributed by atoms with Crippen molar-refractivity contribution in [3.8, 4) is 22.0 Å². The first-order valence-electron chi connectivity index (χ1n) is 8.92. The standard InChI is InChI=1S/C20H20ClFN3O2PS/c1-10(2)20(27)23-9-11-3-4-13(21)12(7-11)19-24-14(8-17(26)25-19)15-5-6-16(29-15)18(22)28/h3-8,10,18H,9,28H2,1-2H3,(H,23,27)(H,24,25,26). The molecule has 3 aromatic rings.